The van der Waals surface area contributed by atoms with Gasteiger partial charge in [-0.05, 0) is 50.5 Å². The number of halogens is 3. The summed E-state index contributed by atoms with van der Waals surface area (Å²) in [7, 11) is 0. The van der Waals surface area contributed by atoms with Gasteiger partial charge in [0.2, 0.25) is 5.43 Å². The number of hydrogen-bond donors (Lipinski definition) is 3. The number of aromatic nitrogens is 2. The molecular weight excluding hydrogens is 599 g/mol. The number of fused-ring (bicyclic) bond motifs is 1. The monoisotopic (exact) mass is 631 g/mol. The molecule has 2 amide bonds. The number of nitrogens with zero attached hydrogens (tertiary/aromatic N) is 3. The van der Waals surface area contributed by atoms with Crippen LogP contribution >= 0.6 is 11.8 Å². The number of urea groups is 1. The van der Waals surface area contributed by atoms with Crippen LogP contribution in [0.2, 0.25) is 0 Å². The van der Waals surface area contributed by atoms with Gasteiger partial charge < -0.3 is 19.7 Å². The van der Waals surface area contributed by atoms with Crippen molar-refractivity contribution >= 4 is 45.5 Å². The normalized spacial score (nSPS) is 20.3. The molecule has 1 unspecified atom stereocenters. The molecule has 14 heteroatoms. The third-order valence-corrected chi connectivity index (χ3v) is 8.71. The van der Waals surface area contributed by atoms with E-state index in [2.05, 4.69) is 20.6 Å². The number of amides is 2. The second-order valence-electron chi connectivity index (χ2n) is 10.6. The van der Waals surface area contributed by atoms with Crippen molar-refractivity contribution in [3.63, 3.8) is 0 Å². The van der Waals surface area contributed by atoms with Gasteiger partial charge in [0.25, 0.3) is 0 Å². The number of esters is 1. The standard InChI is InChI=1S/C30H32F3N5O5S/c1-3-34-29(42)37-25-12-17(27-36-24(15-44-27)30(31,32)33)19(13-35-25)16-9-10-21-18(11-16)26(40)20(28(41)43-4-2)14-38(21)22-7-5-6-8-23(22)39/h9-14,22-24,39H,3-8,15H2,1-2H3,(H2,34,35,37,42)/t22-,23+,24?/m1/s1. The lowest BCUT2D eigenvalue weighted by Gasteiger charge is -2.31. The Morgan fingerprint density at radius 1 is 1.16 bits per heavy atom. The first-order chi connectivity index (χ1) is 21.0. The van der Waals surface area contributed by atoms with Crippen molar-refractivity contribution in [1.29, 1.82) is 0 Å². The summed E-state index contributed by atoms with van der Waals surface area (Å²) in [6.45, 7) is 3.78. The fourth-order valence-electron chi connectivity index (χ4n) is 5.51. The molecule has 0 radical (unpaired) electrons. The van der Waals surface area contributed by atoms with E-state index >= 15 is 0 Å². The van der Waals surface area contributed by atoms with Crippen molar-refractivity contribution in [3.8, 4) is 11.1 Å². The molecule has 2 aliphatic rings. The fourth-order valence-corrected chi connectivity index (χ4v) is 6.61. The van der Waals surface area contributed by atoms with Gasteiger partial charge >= 0.3 is 18.2 Å². The van der Waals surface area contributed by atoms with Crippen molar-refractivity contribution in [2.24, 2.45) is 4.99 Å². The SMILES string of the molecule is CCNC(=O)Nc1cc(C2=NC(C(F)(F)F)CS2)c(-c2ccc3c(c2)c(=O)c(C(=O)OCC)cn3[C@@H]2CCCC[C@@H]2O)cn1. The molecule has 1 aliphatic heterocycles. The molecule has 234 valence electrons. The Balaban J connectivity index is 1.68. The molecule has 10 nitrogen and oxygen atoms in total. The van der Waals surface area contributed by atoms with E-state index in [1.54, 1.807) is 36.6 Å². The van der Waals surface area contributed by atoms with Crippen LogP contribution in [-0.2, 0) is 4.74 Å². The van der Waals surface area contributed by atoms with Gasteiger partial charge in [-0.25, -0.2) is 14.6 Å². The molecule has 44 heavy (non-hydrogen) atoms. The first-order valence-corrected chi connectivity index (χ1v) is 15.4. The van der Waals surface area contributed by atoms with Gasteiger partial charge in [-0.15, -0.1) is 11.8 Å². The average molecular weight is 632 g/mol. The minimum absolute atomic E-state index is 0.0623. The Morgan fingerprint density at radius 2 is 1.93 bits per heavy atom. The number of anilines is 1. The van der Waals surface area contributed by atoms with E-state index in [0.29, 0.717) is 41.6 Å². The highest BCUT2D eigenvalue weighted by molar-refractivity contribution is 8.14. The number of hydrogen-bond acceptors (Lipinski definition) is 8. The zero-order valence-corrected chi connectivity index (χ0v) is 24.9. The topological polar surface area (TPSA) is 135 Å². The van der Waals surface area contributed by atoms with Crippen molar-refractivity contribution < 1.29 is 32.6 Å². The lowest BCUT2D eigenvalue weighted by molar-refractivity contribution is -0.141. The summed E-state index contributed by atoms with van der Waals surface area (Å²) in [5, 5.41) is 16.3. The maximum Gasteiger partial charge on any atom is 0.411 e. The van der Waals surface area contributed by atoms with Gasteiger partial charge in [-0.2, -0.15) is 13.2 Å². The fraction of sp³-hybridized carbons (Fsp3) is 0.433. The number of nitrogens with one attached hydrogen (secondary N) is 2. The summed E-state index contributed by atoms with van der Waals surface area (Å²) in [5.41, 5.74) is 0.859. The first-order valence-electron chi connectivity index (χ1n) is 14.4. The number of aliphatic hydroxyl groups is 1. The van der Waals surface area contributed by atoms with Gasteiger partial charge in [0.05, 0.1) is 29.3 Å². The molecule has 0 spiro atoms. The van der Waals surface area contributed by atoms with Crippen LogP contribution in [0.3, 0.4) is 0 Å². The maximum absolute atomic E-state index is 13.7. The number of aliphatic hydroxyl groups excluding tert-OH is 1. The lowest BCUT2D eigenvalue weighted by atomic mass is 9.91. The van der Waals surface area contributed by atoms with Crippen LogP contribution in [0.15, 0.2) is 46.4 Å². The van der Waals surface area contributed by atoms with Gasteiger partial charge in [-0.3, -0.25) is 15.1 Å². The second kappa shape index (κ2) is 13.0. The van der Waals surface area contributed by atoms with E-state index in [1.807, 2.05) is 0 Å². The quantitative estimate of drug-likeness (QED) is 0.302. The first kappa shape index (κ1) is 31.5. The Labute approximate surface area is 255 Å². The molecule has 0 saturated heterocycles. The number of pyridine rings is 2. The molecule has 2 aromatic heterocycles. The Hall–Kier alpha value is -3.91. The van der Waals surface area contributed by atoms with Gasteiger partial charge in [0, 0.05) is 41.2 Å². The molecule has 3 N–H and O–H groups in total. The van der Waals surface area contributed by atoms with E-state index in [4.69, 9.17) is 4.74 Å². The van der Waals surface area contributed by atoms with Crippen LogP contribution in [0.1, 0.15) is 61.5 Å². The zero-order chi connectivity index (χ0) is 31.6. The van der Waals surface area contributed by atoms with Crippen LogP contribution in [0.4, 0.5) is 23.8 Å². The molecule has 0 bridgehead atoms. The Morgan fingerprint density at radius 3 is 2.61 bits per heavy atom. The lowest BCUT2D eigenvalue weighted by Crippen LogP contribution is -2.30. The predicted molar refractivity (Wildman–Crippen MR) is 162 cm³/mol. The van der Waals surface area contributed by atoms with Crippen LogP contribution in [0.25, 0.3) is 22.0 Å². The molecule has 1 aliphatic carbocycles. The number of thioether (sulfide) groups is 1. The number of benzene rings is 1. The smallest absolute Gasteiger partial charge is 0.411 e. The van der Waals surface area contributed by atoms with E-state index in [-0.39, 0.29) is 40.2 Å². The highest BCUT2D eigenvalue weighted by Gasteiger charge is 2.43. The molecule has 3 atom stereocenters. The third-order valence-electron chi connectivity index (χ3n) is 7.63. The number of carbonyl (C=O) groups excluding carboxylic acids is 2. The molecular formula is C30H32F3N5O5S. The van der Waals surface area contributed by atoms with Crippen molar-refractivity contribution in [1.82, 2.24) is 14.9 Å². The summed E-state index contributed by atoms with van der Waals surface area (Å²) in [4.78, 5) is 46.9. The molecule has 1 saturated carbocycles. The van der Waals surface area contributed by atoms with Crippen LogP contribution in [-0.4, -0.2) is 68.9 Å². The predicted octanol–water partition coefficient (Wildman–Crippen LogP) is 5.28. The average Bonchev–Trinajstić information content (AvgIpc) is 3.49. The van der Waals surface area contributed by atoms with Gasteiger partial charge in [-0.1, -0.05) is 18.9 Å². The minimum Gasteiger partial charge on any atom is -0.462 e. The number of rotatable bonds is 7. The summed E-state index contributed by atoms with van der Waals surface area (Å²) >= 11 is 0.936. The Bertz CT molecular complexity index is 1680. The summed E-state index contributed by atoms with van der Waals surface area (Å²) in [6, 6.07) is 3.62. The molecule has 1 fully saturated rings. The maximum atomic E-state index is 13.7. The molecule has 5 rings (SSSR count). The minimum atomic E-state index is -4.52. The largest absolute Gasteiger partial charge is 0.462 e. The highest BCUT2D eigenvalue weighted by Crippen LogP contribution is 2.38. The number of ether oxygens (including phenoxy) is 1. The molecule has 3 aromatic rings. The third kappa shape index (κ3) is 6.46. The number of aliphatic imine (C=N–C) groups is 1. The number of alkyl halides is 3. The van der Waals surface area contributed by atoms with E-state index in [9.17, 15) is 32.7 Å². The number of carbonyl (C=O) groups is 2. The van der Waals surface area contributed by atoms with Crippen LogP contribution < -0.4 is 16.1 Å². The Kier molecular flexibility index (Phi) is 9.30. The second-order valence-corrected chi connectivity index (χ2v) is 11.6. The van der Waals surface area contributed by atoms with Gasteiger partial charge in [0.15, 0.2) is 6.04 Å². The molecule has 1 aromatic carbocycles. The molecule has 3 heterocycles. The summed E-state index contributed by atoms with van der Waals surface area (Å²) < 4.78 is 47.4. The van der Waals surface area contributed by atoms with Crippen molar-refractivity contribution in [2.45, 2.75) is 63.9 Å². The summed E-state index contributed by atoms with van der Waals surface area (Å²) in [6.07, 6.45) is 0.604. The summed E-state index contributed by atoms with van der Waals surface area (Å²) in [5.74, 6) is -0.983. The highest BCUT2D eigenvalue weighted by atomic mass is 32.2. The van der Waals surface area contributed by atoms with E-state index in [0.717, 1.165) is 24.6 Å². The van der Waals surface area contributed by atoms with Crippen LogP contribution in [0.5, 0.6) is 0 Å². The van der Waals surface area contributed by atoms with E-state index in [1.165, 1.54) is 18.5 Å². The van der Waals surface area contributed by atoms with Crippen molar-refractivity contribution in [2.75, 3.05) is 24.2 Å². The zero-order valence-electron chi connectivity index (χ0n) is 24.1. The van der Waals surface area contributed by atoms with Gasteiger partial charge in [0.1, 0.15) is 11.4 Å². The van der Waals surface area contributed by atoms with E-state index < -0.39 is 35.8 Å². The van der Waals surface area contributed by atoms with Crippen molar-refractivity contribution in [3.05, 3.63) is 58.0 Å². The van der Waals surface area contributed by atoms with Crippen LogP contribution in [0, 0.1) is 0 Å².